The highest BCUT2D eigenvalue weighted by Crippen LogP contribution is 2.36. The predicted octanol–water partition coefficient (Wildman–Crippen LogP) is 6.70. The van der Waals surface area contributed by atoms with Crippen LogP contribution in [0.2, 0.25) is 0 Å². The van der Waals surface area contributed by atoms with Crippen LogP contribution < -0.4 is 0 Å². The molecule has 0 N–H and O–H groups in total. The maximum Gasteiger partial charge on any atom is 0.433 e. The van der Waals surface area contributed by atoms with Crippen molar-refractivity contribution in [3.8, 4) is 16.5 Å². The molecule has 0 aliphatic heterocycles. The molecule has 0 spiro atoms. The molecule has 0 aliphatic rings. The molecule has 0 atom stereocenters. The largest absolute Gasteiger partial charge is 0.433 e. The maximum atomic E-state index is 13.3. The van der Waals surface area contributed by atoms with Gasteiger partial charge in [0.15, 0.2) is 5.69 Å². The Bertz CT molecular complexity index is 1210. The van der Waals surface area contributed by atoms with Crippen molar-refractivity contribution in [3.63, 3.8) is 0 Å². The van der Waals surface area contributed by atoms with Gasteiger partial charge in [-0.1, -0.05) is 33.3 Å². The summed E-state index contributed by atoms with van der Waals surface area (Å²) < 4.78 is 42.6. The fraction of sp³-hybridized carbons (Fsp3) is 0.167. The van der Waals surface area contributed by atoms with Crippen molar-refractivity contribution in [3.05, 3.63) is 55.5 Å². The van der Waals surface area contributed by atoms with Crippen molar-refractivity contribution in [2.75, 3.05) is 0 Å². The highest BCUT2D eigenvalue weighted by atomic mass is 79.9. The maximum absolute atomic E-state index is 13.3. The molecule has 4 nitrogen and oxygen atoms in total. The first kappa shape index (κ1) is 19.5. The number of halogens is 5. The Morgan fingerprint density at radius 2 is 1.79 bits per heavy atom. The van der Waals surface area contributed by atoms with Crippen molar-refractivity contribution in [2.24, 2.45) is 0 Å². The summed E-state index contributed by atoms with van der Waals surface area (Å²) in [6.45, 7) is 3.33. The summed E-state index contributed by atoms with van der Waals surface area (Å²) in [5, 5.41) is 5.07. The minimum absolute atomic E-state index is 0.157. The summed E-state index contributed by atoms with van der Waals surface area (Å²) in [6, 6.07) is 8.56. The lowest BCUT2D eigenvalue weighted by atomic mass is 10.2. The number of fused-ring (bicyclic) bond motifs is 1. The highest BCUT2D eigenvalue weighted by Gasteiger charge is 2.36. The Morgan fingerprint density at radius 3 is 2.50 bits per heavy atom. The third-order valence-corrected chi connectivity index (χ3v) is 6.05. The van der Waals surface area contributed by atoms with Crippen LogP contribution in [0.15, 0.2) is 39.3 Å². The van der Waals surface area contributed by atoms with Gasteiger partial charge >= 0.3 is 6.18 Å². The second kappa shape index (κ2) is 6.93. The molecule has 3 aromatic heterocycles. The van der Waals surface area contributed by atoms with Crippen LogP contribution in [0.1, 0.15) is 16.3 Å². The number of nitrogens with zero attached hydrogens (tertiary/aromatic N) is 4. The van der Waals surface area contributed by atoms with Crippen molar-refractivity contribution in [1.29, 1.82) is 0 Å². The topological polar surface area (TPSA) is 43.6 Å². The molecule has 4 aromatic rings. The van der Waals surface area contributed by atoms with Crippen LogP contribution in [0.5, 0.6) is 0 Å². The van der Waals surface area contributed by atoms with Crippen LogP contribution in [-0.2, 0) is 6.18 Å². The third-order valence-electron chi connectivity index (χ3n) is 4.04. The number of thiazole rings is 1. The van der Waals surface area contributed by atoms with E-state index < -0.39 is 11.9 Å². The first-order valence-electron chi connectivity index (χ1n) is 8.01. The van der Waals surface area contributed by atoms with Gasteiger partial charge in [-0.15, -0.1) is 0 Å². The lowest BCUT2D eigenvalue weighted by molar-refractivity contribution is -0.142. The zero-order valence-electron chi connectivity index (χ0n) is 14.5. The monoisotopic (exact) mass is 530 g/mol. The number of benzene rings is 1. The molecule has 0 aliphatic carbocycles. The van der Waals surface area contributed by atoms with E-state index in [1.54, 1.807) is 0 Å². The summed E-state index contributed by atoms with van der Waals surface area (Å²) in [6.07, 6.45) is -4.51. The minimum atomic E-state index is -4.51. The van der Waals surface area contributed by atoms with E-state index in [1.165, 1.54) is 6.92 Å². The van der Waals surface area contributed by atoms with Crippen LogP contribution >= 0.6 is 43.2 Å². The lowest BCUT2D eigenvalue weighted by Gasteiger charge is -2.07. The number of hydrogen-bond donors (Lipinski definition) is 0. The molecule has 0 bridgehead atoms. The van der Waals surface area contributed by atoms with E-state index in [0.29, 0.717) is 11.4 Å². The normalized spacial score (nSPS) is 12.1. The van der Waals surface area contributed by atoms with E-state index in [2.05, 4.69) is 46.9 Å². The molecule has 0 radical (unpaired) electrons. The molecule has 0 fully saturated rings. The summed E-state index contributed by atoms with van der Waals surface area (Å²) in [7, 11) is 0. The van der Waals surface area contributed by atoms with Crippen molar-refractivity contribution >= 4 is 54.1 Å². The fourth-order valence-corrected chi connectivity index (χ4v) is 5.08. The van der Waals surface area contributed by atoms with Gasteiger partial charge < -0.3 is 0 Å². The van der Waals surface area contributed by atoms with Crippen LogP contribution in [0, 0.1) is 13.8 Å². The molecule has 0 unspecified atom stereocenters. The van der Waals surface area contributed by atoms with Gasteiger partial charge in [-0.05, 0) is 54.0 Å². The zero-order chi connectivity index (χ0) is 20.2. The molecule has 3 heterocycles. The van der Waals surface area contributed by atoms with Crippen LogP contribution in [0.25, 0.3) is 27.4 Å². The Labute approximate surface area is 178 Å². The Kier molecular flexibility index (Phi) is 4.83. The number of pyridine rings is 1. The van der Waals surface area contributed by atoms with E-state index >= 15 is 0 Å². The third kappa shape index (κ3) is 3.48. The van der Waals surface area contributed by atoms with Crippen LogP contribution in [-0.4, -0.2) is 19.7 Å². The lowest BCUT2D eigenvalue weighted by Crippen LogP contribution is -2.13. The first-order chi connectivity index (χ1) is 13.1. The molecule has 0 saturated carbocycles. The smallest absolute Gasteiger partial charge is 0.245 e. The second-order valence-electron chi connectivity index (χ2n) is 6.14. The molecular weight excluding hydrogens is 521 g/mol. The van der Waals surface area contributed by atoms with Crippen LogP contribution in [0.4, 0.5) is 13.2 Å². The van der Waals surface area contributed by atoms with Gasteiger partial charge in [-0.3, -0.25) is 0 Å². The standard InChI is InChI=1S/C18H11Br2F3N4S/c1-8-5-14(18(21,22)23)27(26-8)17-25-15(9(2)28-17)13-4-3-10-6-11(19)7-12(20)16(10)24-13/h3-7H,1-2H3. The van der Waals surface area contributed by atoms with Crippen molar-refractivity contribution < 1.29 is 13.2 Å². The number of aryl methyl sites for hydroxylation is 2. The second-order valence-corrected chi connectivity index (χ2v) is 9.09. The average molecular weight is 532 g/mol. The quantitative estimate of drug-likeness (QED) is 0.289. The van der Waals surface area contributed by atoms with E-state index in [0.717, 1.165) is 46.8 Å². The zero-order valence-corrected chi connectivity index (χ0v) is 18.5. The molecule has 0 amide bonds. The fourth-order valence-electron chi connectivity index (χ4n) is 2.85. The molecule has 1 aromatic carbocycles. The summed E-state index contributed by atoms with van der Waals surface area (Å²) in [5.74, 6) is 0. The van der Waals surface area contributed by atoms with Gasteiger partial charge in [0.1, 0.15) is 5.69 Å². The Morgan fingerprint density at radius 1 is 1.04 bits per heavy atom. The number of aromatic nitrogens is 4. The molecule has 10 heteroatoms. The first-order valence-corrected chi connectivity index (χ1v) is 10.4. The number of alkyl halides is 3. The Hall–Kier alpha value is -1.78. The van der Waals surface area contributed by atoms with E-state index in [-0.39, 0.29) is 10.8 Å². The van der Waals surface area contributed by atoms with Gasteiger partial charge in [-0.2, -0.15) is 18.3 Å². The number of rotatable bonds is 2. The van der Waals surface area contributed by atoms with E-state index in [4.69, 9.17) is 0 Å². The van der Waals surface area contributed by atoms with Gasteiger partial charge in [-0.25, -0.2) is 14.6 Å². The molecule has 4 rings (SSSR count). The summed E-state index contributed by atoms with van der Waals surface area (Å²) in [5.41, 5.74) is 1.32. The SMILES string of the molecule is Cc1cc(C(F)(F)F)n(-c2nc(-c3ccc4cc(Br)cc(Br)c4n3)c(C)s2)n1. The molecule has 144 valence electrons. The van der Waals surface area contributed by atoms with Gasteiger partial charge in [0.05, 0.1) is 16.9 Å². The van der Waals surface area contributed by atoms with E-state index in [9.17, 15) is 13.2 Å². The van der Waals surface area contributed by atoms with E-state index in [1.807, 2.05) is 31.2 Å². The van der Waals surface area contributed by atoms with Gasteiger partial charge in [0, 0.05) is 19.2 Å². The molecule has 28 heavy (non-hydrogen) atoms. The molecule has 0 saturated heterocycles. The molecular formula is C18H11Br2F3N4S. The Balaban J connectivity index is 1.85. The van der Waals surface area contributed by atoms with Gasteiger partial charge in [0.25, 0.3) is 0 Å². The summed E-state index contributed by atoms with van der Waals surface area (Å²) in [4.78, 5) is 9.84. The van der Waals surface area contributed by atoms with Crippen molar-refractivity contribution in [2.45, 2.75) is 20.0 Å². The predicted molar refractivity (Wildman–Crippen MR) is 110 cm³/mol. The van der Waals surface area contributed by atoms with Crippen molar-refractivity contribution in [1.82, 2.24) is 19.7 Å². The van der Waals surface area contributed by atoms with Crippen LogP contribution in [0.3, 0.4) is 0 Å². The highest BCUT2D eigenvalue weighted by molar-refractivity contribution is 9.11. The number of hydrogen-bond acceptors (Lipinski definition) is 4. The average Bonchev–Trinajstić information content (AvgIpc) is 3.17. The summed E-state index contributed by atoms with van der Waals surface area (Å²) >= 11 is 8.09. The van der Waals surface area contributed by atoms with Gasteiger partial charge in [0.2, 0.25) is 5.13 Å². The minimum Gasteiger partial charge on any atom is -0.245 e.